The summed E-state index contributed by atoms with van der Waals surface area (Å²) in [5, 5.41) is 12.7. The zero-order chi connectivity index (χ0) is 11.5. The second-order valence-electron chi connectivity index (χ2n) is 3.30. The van der Waals surface area contributed by atoms with E-state index in [4.69, 9.17) is 11.6 Å². The minimum absolute atomic E-state index is 0.196. The molecule has 0 atom stereocenters. The molecule has 2 N–H and O–H groups in total. The molecule has 1 aromatic carbocycles. The van der Waals surface area contributed by atoms with Gasteiger partial charge in [0.25, 0.3) is 0 Å². The van der Waals surface area contributed by atoms with Crippen molar-refractivity contribution in [2.75, 3.05) is 5.32 Å². The second kappa shape index (κ2) is 4.37. The molecule has 0 unspecified atom stereocenters. The van der Waals surface area contributed by atoms with Crippen molar-refractivity contribution < 1.29 is 5.11 Å². The molecule has 2 rings (SSSR count). The Hall–Kier alpha value is -1.81. The average molecular weight is 236 g/mol. The number of hydrogen-bond donors (Lipinski definition) is 2. The molecule has 0 aliphatic rings. The first-order chi connectivity index (χ1) is 7.63. The van der Waals surface area contributed by atoms with Crippen LogP contribution >= 0.6 is 11.6 Å². The summed E-state index contributed by atoms with van der Waals surface area (Å²) >= 11 is 5.81. The van der Waals surface area contributed by atoms with Crippen LogP contribution in [0.3, 0.4) is 0 Å². The lowest BCUT2D eigenvalue weighted by molar-refractivity contribution is 0.475. The SMILES string of the molecule is Cc1nc(Cl)cc(Nc2cccc(O)c2)n1. The Bertz CT molecular complexity index is 496. The van der Waals surface area contributed by atoms with E-state index in [0.717, 1.165) is 5.69 Å². The van der Waals surface area contributed by atoms with Gasteiger partial charge < -0.3 is 10.4 Å². The number of aromatic nitrogens is 2. The fourth-order valence-electron chi connectivity index (χ4n) is 1.33. The molecule has 2 aromatic rings. The van der Waals surface area contributed by atoms with E-state index in [9.17, 15) is 5.11 Å². The Morgan fingerprint density at radius 1 is 1.25 bits per heavy atom. The predicted octanol–water partition coefficient (Wildman–Crippen LogP) is 2.89. The molecule has 0 amide bonds. The smallest absolute Gasteiger partial charge is 0.135 e. The van der Waals surface area contributed by atoms with E-state index in [1.165, 1.54) is 0 Å². The summed E-state index contributed by atoms with van der Waals surface area (Å²) < 4.78 is 0. The summed E-state index contributed by atoms with van der Waals surface area (Å²) in [6, 6.07) is 8.39. The molecule has 0 bridgehead atoms. The highest BCUT2D eigenvalue weighted by atomic mass is 35.5. The van der Waals surface area contributed by atoms with Gasteiger partial charge in [-0.1, -0.05) is 17.7 Å². The fourth-order valence-corrected chi connectivity index (χ4v) is 1.55. The summed E-state index contributed by atoms with van der Waals surface area (Å²) in [6.07, 6.45) is 0. The Morgan fingerprint density at radius 2 is 2.06 bits per heavy atom. The van der Waals surface area contributed by atoms with Crippen molar-refractivity contribution in [1.82, 2.24) is 9.97 Å². The monoisotopic (exact) mass is 235 g/mol. The van der Waals surface area contributed by atoms with Gasteiger partial charge in [0, 0.05) is 17.8 Å². The van der Waals surface area contributed by atoms with Crippen LogP contribution in [0.15, 0.2) is 30.3 Å². The highest BCUT2D eigenvalue weighted by Gasteiger charge is 2.00. The van der Waals surface area contributed by atoms with Crippen LogP contribution in [0, 0.1) is 6.92 Å². The van der Waals surface area contributed by atoms with Crippen molar-refractivity contribution in [3.63, 3.8) is 0 Å². The number of rotatable bonds is 2. The van der Waals surface area contributed by atoms with Gasteiger partial charge in [0.15, 0.2) is 0 Å². The number of benzene rings is 1. The van der Waals surface area contributed by atoms with Crippen molar-refractivity contribution in [2.45, 2.75) is 6.92 Å². The van der Waals surface area contributed by atoms with Gasteiger partial charge in [0.05, 0.1) is 0 Å². The van der Waals surface area contributed by atoms with E-state index >= 15 is 0 Å². The van der Waals surface area contributed by atoms with E-state index in [1.54, 1.807) is 31.2 Å². The van der Waals surface area contributed by atoms with Crippen molar-refractivity contribution in [3.05, 3.63) is 41.3 Å². The first-order valence-electron chi connectivity index (χ1n) is 4.71. The molecule has 5 heteroatoms. The average Bonchev–Trinajstić information content (AvgIpc) is 2.15. The first-order valence-corrected chi connectivity index (χ1v) is 5.08. The van der Waals surface area contributed by atoms with Crippen LogP contribution < -0.4 is 5.32 Å². The maximum Gasteiger partial charge on any atom is 0.135 e. The summed E-state index contributed by atoms with van der Waals surface area (Å²) in [7, 11) is 0. The number of halogens is 1. The molecule has 16 heavy (non-hydrogen) atoms. The van der Waals surface area contributed by atoms with Gasteiger partial charge in [-0.2, -0.15) is 0 Å². The lowest BCUT2D eigenvalue weighted by atomic mass is 10.3. The third-order valence-electron chi connectivity index (χ3n) is 1.93. The number of aryl methyl sites for hydroxylation is 1. The zero-order valence-electron chi connectivity index (χ0n) is 8.61. The van der Waals surface area contributed by atoms with Gasteiger partial charge in [0.2, 0.25) is 0 Å². The molecule has 0 aliphatic carbocycles. The molecule has 1 heterocycles. The lowest BCUT2D eigenvalue weighted by Crippen LogP contribution is -1.96. The van der Waals surface area contributed by atoms with Crippen LogP contribution in [0.2, 0.25) is 5.15 Å². The standard InChI is InChI=1S/C11H10ClN3O/c1-7-13-10(12)6-11(14-7)15-8-3-2-4-9(16)5-8/h2-6,16H,1H3,(H,13,14,15). The fraction of sp³-hybridized carbons (Fsp3) is 0.0909. The predicted molar refractivity (Wildman–Crippen MR) is 63.2 cm³/mol. The summed E-state index contributed by atoms with van der Waals surface area (Å²) in [4.78, 5) is 8.13. The Kier molecular flexibility index (Phi) is 2.92. The van der Waals surface area contributed by atoms with Gasteiger partial charge in [-0.25, -0.2) is 9.97 Å². The van der Waals surface area contributed by atoms with Crippen LogP contribution in [0.4, 0.5) is 11.5 Å². The van der Waals surface area contributed by atoms with Crippen molar-refractivity contribution in [3.8, 4) is 5.75 Å². The van der Waals surface area contributed by atoms with Crippen molar-refractivity contribution in [2.24, 2.45) is 0 Å². The van der Waals surface area contributed by atoms with Crippen molar-refractivity contribution >= 4 is 23.1 Å². The molecule has 0 saturated carbocycles. The molecule has 1 aromatic heterocycles. The maximum atomic E-state index is 9.30. The molecule has 82 valence electrons. The number of phenolic OH excluding ortho intramolecular Hbond substituents is 1. The number of nitrogens with zero attached hydrogens (tertiary/aromatic N) is 2. The van der Waals surface area contributed by atoms with E-state index in [1.807, 2.05) is 6.07 Å². The van der Waals surface area contributed by atoms with Crippen molar-refractivity contribution in [1.29, 1.82) is 0 Å². The molecule has 0 saturated heterocycles. The molecule has 0 spiro atoms. The number of hydrogen-bond acceptors (Lipinski definition) is 4. The van der Waals surface area contributed by atoms with Crippen LogP contribution in [-0.2, 0) is 0 Å². The minimum Gasteiger partial charge on any atom is -0.508 e. The quantitative estimate of drug-likeness (QED) is 0.786. The molecule has 0 radical (unpaired) electrons. The van der Waals surface area contributed by atoms with Gasteiger partial charge in [0.1, 0.15) is 22.5 Å². The number of aromatic hydroxyl groups is 1. The number of phenols is 1. The molecule has 0 aliphatic heterocycles. The van der Waals surface area contributed by atoms with Crippen LogP contribution in [0.1, 0.15) is 5.82 Å². The van der Waals surface area contributed by atoms with E-state index in [-0.39, 0.29) is 5.75 Å². The van der Waals surface area contributed by atoms with Gasteiger partial charge >= 0.3 is 0 Å². The Labute approximate surface area is 97.9 Å². The van der Waals surface area contributed by atoms with Crippen LogP contribution in [-0.4, -0.2) is 15.1 Å². The van der Waals surface area contributed by atoms with Crippen LogP contribution in [0.5, 0.6) is 5.75 Å². The number of nitrogens with one attached hydrogen (secondary N) is 1. The van der Waals surface area contributed by atoms with E-state index < -0.39 is 0 Å². The lowest BCUT2D eigenvalue weighted by Gasteiger charge is -2.06. The largest absolute Gasteiger partial charge is 0.508 e. The summed E-state index contributed by atoms with van der Waals surface area (Å²) in [6.45, 7) is 1.76. The van der Waals surface area contributed by atoms with Gasteiger partial charge in [-0.3, -0.25) is 0 Å². The summed E-state index contributed by atoms with van der Waals surface area (Å²) in [5.41, 5.74) is 0.745. The Balaban J connectivity index is 2.27. The van der Waals surface area contributed by atoms with Gasteiger partial charge in [-0.15, -0.1) is 0 Å². The van der Waals surface area contributed by atoms with Crippen LogP contribution in [0.25, 0.3) is 0 Å². The molecular weight excluding hydrogens is 226 g/mol. The third-order valence-corrected chi connectivity index (χ3v) is 2.12. The molecule has 4 nitrogen and oxygen atoms in total. The minimum atomic E-state index is 0.196. The number of anilines is 2. The highest BCUT2D eigenvalue weighted by molar-refractivity contribution is 6.29. The highest BCUT2D eigenvalue weighted by Crippen LogP contribution is 2.20. The molecule has 0 fully saturated rings. The summed E-state index contributed by atoms with van der Waals surface area (Å²) in [5.74, 6) is 1.39. The maximum absolute atomic E-state index is 9.30. The van der Waals surface area contributed by atoms with E-state index in [2.05, 4.69) is 15.3 Å². The van der Waals surface area contributed by atoms with Gasteiger partial charge in [-0.05, 0) is 19.1 Å². The first kappa shape index (κ1) is 10.7. The molecular formula is C11H10ClN3O. The normalized spacial score (nSPS) is 10.1. The third kappa shape index (κ3) is 2.61. The second-order valence-corrected chi connectivity index (χ2v) is 3.69. The zero-order valence-corrected chi connectivity index (χ0v) is 9.36. The Morgan fingerprint density at radius 3 is 2.75 bits per heavy atom. The van der Waals surface area contributed by atoms with E-state index in [0.29, 0.717) is 16.8 Å². The topological polar surface area (TPSA) is 58.0 Å².